The lowest BCUT2D eigenvalue weighted by Gasteiger charge is -2.31. The summed E-state index contributed by atoms with van der Waals surface area (Å²) in [5.74, 6) is 0.930. The molecule has 10 heteroatoms. The Balaban J connectivity index is 1.47. The van der Waals surface area contributed by atoms with Gasteiger partial charge in [-0.3, -0.25) is 9.59 Å². The van der Waals surface area contributed by atoms with Crippen molar-refractivity contribution in [2.24, 2.45) is 5.92 Å². The Kier molecular flexibility index (Phi) is 7.64. The molecule has 9 nitrogen and oxygen atoms in total. The highest BCUT2D eigenvalue weighted by atomic mass is 35.5. The molecule has 2 aliphatic rings. The number of nitrogens with one attached hydrogen (secondary N) is 1. The van der Waals surface area contributed by atoms with Gasteiger partial charge in [0.25, 0.3) is 5.91 Å². The monoisotopic (exact) mass is 485 g/mol. The molecule has 2 saturated heterocycles. The highest BCUT2D eigenvalue weighted by Crippen LogP contribution is 2.30. The number of hydrogen-bond acceptors (Lipinski definition) is 7. The molecule has 0 radical (unpaired) electrons. The Hall–Kier alpha value is -3.17. The highest BCUT2D eigenvalue weighted by Gasteiger charge is 2.29. The van der Waals surface area contributed by atoms with Crippen LogP contribution in [-0.4, -0.2) is 73.2 Å². The van der Waals surface area contributed by atoms with E-state index in [4.69, 9.17) is 21.1 Å². The van der Waals surface area contributed by atoms with Crippen molar-refractivity contribution in [1.29, 1.82) is 0 Å². The fourth-order valence-electron chi connectivity index (χ4n) is 4.27. The molecule has 4 rings (SSSR count). The number of hydrogen-bond donors (Lipinski definition) is 1. The van der Waals surface area contributed by atoms with Crippen molar-refractivity contribution in [3.05, 3.63) is 53.5 Å². The Morgan fingerprint density at radius 3 is 2.85 bits per heavy atom. The third kappa shape index (κ3) is 5.48. The van der Waals surface area contributed by atoms with Crippen LogP contribution in [0.15, 0.2) is 37.1 Å². The molecule has 2 fully saturated rings. The van der Waals surface area contributed by atoms with Gasteiger partial charge in [-0.1, -0.05) is 18.2 Å². The quantitative estimate of drug-likeness (QED) is 0.602. The zero-order chi connectivity index (χ0) is 24.1. The minimum Gasteiger partial charge on any atom is -0.480 e. The molecule has 1 atom stereocenters. The maximum atomic E-state index is 13.3. The van der Waals surface area contributed by atoms with E-state index in [1.54, 1.807) is 18.3 Å². The topological polar surface area (TPSA) is 96.9 Å². The van der Waals surface area contributed by atoms with Gasteiger partial charge in [-0.15, -0.1) is 0 Å². The lowest BCUT2D eigenvalue weighted by Crippen LogP contribution is -2.37. The lowest BCUT2D eigenvalue weighted by atomic mass is 10.0. The molecule has 2 aliphatic heterocycles. The number of benzene rings is 1. The third-order valence-corrected chi connectivity index (χ3v) is 6.30. The van der Waals surface area contributed by atoms with Crippen LogP contribution in [0.1, 0.15) is 22.6 Å². The van der Waals surface area contributed by atoms with Crippen molar-refractivity contribution >= 4 is 34.8 Å². The fourth-order valence-corrected chi connectivity index (χ4v) is 4.44. The van der Waals surface area contributed by atoms with Crippen molar-refractivity contribution in [2.75, 3.05) is 56.7 Å². The number of carbonyl (C=O) groups is 2. The summed E-state index contributed by atoms with van der Waals surface area (Å²) in [5, 5.41) is 3.22. The van der Waals surface area contributed by atoms with E-state index in [-0.39, 0.29) is 17.7 Å². The standard InChI is InChI=1S/C24H28ClN5O4/c1-3-22(31)27-19-5-4-17(13-20(19)29-8-10-34-11-9-29)24(32)30-7-6-16(15-30)12-21-26-14-18(25)23(28-21)33-2/h3-5,13-14,16H,1,6-12,15H2,2H3,(H,27,31)/t16-/m0/s1. The second-order valence-electron chi connectivity index (χ2n) is 8.28. The van der Waals surface area contributed by atoms with Gasteiger partial charge in [0.15, 0.2) is 0 Å². The molecule has 34 heavy (non-hydrogen) atoms. The zero-order valence-electron chi connectivity index (χ0n) is 19.1. The van der Waals surface area contributed by atoms with Crippen molar-refractivity contribution in [2.45, 2.75) is 12.8 Å². The van der Waals surface area contributed by atoms with Gasteiger partial charge in [-0.2, -0.15) is 4.98 Å². The third-order valence-electron chi connectivity index (χ3n) is 6.04. The van der Waals surface area contributed by atoms with E-state index in [9.17, 15) is 9.59 Å². The van der Waals surface area contributed by atoms with E-state index in [0.717, 1.165) is 12.1 Å². The lowest BCUT2D eigenvalue weighted by molar-refractivity contribution is -0.111. The van der Waals surface area contributed by atoms with Crippen LogP contribution in [0, 0.1) is 5.92 Å². The number of methoxy groups -OCH3 is 1. The van der Waals surface area contributed by atoms with Crippen molar-refractivity contribution in [3.63, 3.8) is 0 Å². The number of rotatable bonds is 7. The number of nitrogens with zero attached hydrogens (tertiary/aromatic N) is 4. The molecule has 0 spiro atoms. The summed E-state index contributed by atoms with van der Waals surface area (Å²) in [7, 11) is 1.52. The first-order valence-corrected chi connectivity index (χ1v) is 11.6. The average Bonchev–Trinajstić information content (AvgIpc) is 3.33. The van der Waals surface area contributed by atoms with Gasteiger partial charge in [0, 0.05) is 38.2 Å². The number of anilines is 2. The van der Waals surface area contributed by atoms with Crippen LogP contribution in [0.5, 0.6) is 5.88 Å². The van der Waals surface area contributed by atoms with Crippen LogP contribution < -0.4 is 15.0 Å². The first-order valence-electron chi connectivity index (χ1n) is 11.2. The molecular formula is C24H28ClN5O4. The Labute approximate surface area is 203 Å². The predicted molar refractivity (Wildman–Crippen MR) is 130 cm³/mol. The fraction of sp³-hybridized carbons (Fsp3) is 0.417. The van der Waals surface area contributed by atoms with E-state index in [1.165, 1.54) is 13.2 Å². The number of likely N-dealkylation sites (tertiary alicyclic amines) is 1. The second-order valence-corrected chi connectivity index (χ2v) is 8.69. The summed E-state index contributed by atoms with van der Waals surface area (Å²) in [6.07, 6.45) is 4.28. The van der Waals surface area contributed by atoms with Gasteiger partial charge in [0.2, 0.25) is 11.8 Å². The number of carbonyl (C=O) groups excluding carboxylic acids is 2. The molecule has 0 unspecified atom stereocenters. The van der Waals surface area contributed by atoms with Gasteiger partial charge in [0.1, 0.15) is 10.8 Å². The molecule has 0 bridgehead atoms. The van der Waals surface area contributed by atoms with Gasteiger partial charge in [0.05, 0.1) is 37.9 Å². The smallest absolute Gasteiger partial charge is 0.253 e. The number of halogens is 1. The summed E-state index contributed by atoms with van der Waals surface area (Å²) in [4.78, 5) is 37.9. The molecule has 0 saturated carbocycles. The minimum absolute atomic E-state index is 0.0341. The number of aromatic nitrogens is 2. The molecule has 0 aliphatic carbocycles. The summed E-state index contributed by atoms with van der Waals surface area (Å²) >= 11 is 6.02. The summed E-state index contributed by atoms with van der Waals surface area (Å²) < 4.78 is 10.6. The van der Waals surface area contributed by atoms with E-state index in [0.29, 0.717) is 73.8 Å². The van der Waals surface area contributed by atoms with Crippen LogP contribution in [0.3, 0.4) is 0 Å². The highest BCUT2D eigenvalue weighted by molar-refractivity contribution is 6.31. The molecule has 2 amide bonds. The van der Waals surface area contributed by atoms with Crippen molar-refractivity contribution < 1.29 is 19.1 Å². The number of ether oxygens (including phenoxy) is 2. The zero-order valence-corrected chi connectivity index (χ0v) is 19.9. The van der Waals surface area contributed by atoms with Gasteiger partial charge < -0.3 is 24.6 Å². The normalized spacial score (nSPS) is 18.0. The number of amides is 2. The number of morpholine rings is 1. The van der Waals surface area contributed by atoms with E-state index in [2.05, 4.69) is 26.8 Å². The van der Waals surface area contributed by atoms with E-state index in [1.807, 2.05) is 11.0 Å². The van der Waals surface area contributed by atoms with Crippen LogP contribution in [0.25, 0.3) is 0 Å². The SMILES string of the molecule is C=CC(=O)Nc1ccc(C(=O)N2CC[C@@H](Cc3ncc(Cl)c(OC)n3)C2)cc1N1CCOCC1. The molecule has 1 aromatic heterocycles. The van der Waals surface area contributed by atoms with Gasteiger partial charge in [-0.05, 0) is 36.6 Å². The van der Waals surface area contributed by atoms with Crippen LogP contribution in [0.2, 0.25) is 5.02 Å². The predicted octanol–water partition coefficient (Wildman–Crippen LogP) is 2.80. The average molecular weight is 486 g/mol. The van der Waals surface area contributed by atoms with Crippen LogP contribution in [-0.2, 0) is 16.0 Å². The Bertz CT molecular complexity index is 1070. The largest absolute Gasteiger partial charge is 0.480 e. The summed E-state index contributed by atoms with van der Waals surface area (Å²) in [6.45, 7) is 7.36. The Morgan fingerprint density at radius 1 is 1.32 bits per heavy atom. The first-order chi connectivity index (χ1) is 16.5. The van der Waals surface area contributed by atoms with Gasteiger partial charge in [-0.25, -0.2) is 4.98 Å². The van der Waals surface area contributed by atoms with Crippen molar-refractivity contribution in [3.8, 4) is 5.88 Å². The molecule has 1 N–H and O–H groups in total. The first kappa shape index (κ1) is 24.0. The Morgan fingerprint density at radius 2 is 2.12 bits per heavy atom. The van der Waals surface area contributed by atoms with E-state index >= 15 is 0 Å². The summed E-state index contributed by atoms with van der Waals surface area (Å²) in [6, 6.07) is 5.39. The molecular weight excluding hydrogens is 458 g/mol. The van der Waals surface area contributed by atoms with Crippen molar-refractivity contribution in [1.82, 2.24) is 14.9 Å². The molecule has 180 valence electrons. The minimum atomic E-state index is -0.294. The second kappa shape index (κ2) is 10.8. The van der Waals surface area contributed by atoms with E-state index < -0.39 is 0 Å². The maximum absolute atomic E-state index is 13.3. The molecule has 2 aromatic rings. The molecule has 1 aromatic carbocycles. The van der Waals surface area contributed by atoms with Gasteiger partial charge >= 0.3 is 0 Å². The summed E-state index contributed by atoms with van der Waals surface area (Å²) in [5.41, 5.74) is 2.04. The maximum Gasteiger partial charge on any atom is 0.253 e. The van der Waals surface area contributed by atoms with Crippen LogP contribution >= 0.6 is 11.6 Å². The molecule has 3 heterocycles. The van der Waals surface area contributed by atoms with Crippen LogP contribution in [0.4, 0.5) is 11.4 Å².